The van der Waals surface area contributed by atoms with E-state index in [0.29, 0.717) is 17.6 Å². The minimum atomic E-state index is -0.844. The summed E-state index contributed by atoms with van der Waals surface area (Å²) in [5, 5.41) is 2.72. The van der Waals surface area contributed by atoms with E-state index in [9.17, 15) is 9.59 Å². The van der Waals surface area contributed by atoms with Crippen LogP contribution < -0.4 is 5.32 Å². The first-order valence-electron chi connectivity index (χ1n) is 9.04. The van der Waals surface area contributed by atoms with Crippen molar-refractivity contribution in [3.05, 3.63) is 59.9 Å². The van der Waals surface area contributed by atoms with Gasteiger partial charge in [-0.15, -0.1) is 0 Å². The number of nitrogens with one attached hydrogen (secondary N) is 1. The number of para-hydroxylation sites is 1. The predicted molar refractivity (Wildman–Crippen MR) is 104 cm³/mol. The van der Waals surface area contributed by atoms with Crippen LogP contribution in [-0.4, -0.2) is 34.1 Å². The molecular weight excluding hydrogens is 342 g/mol. The molecule has 0 aliphatic carbocycles. The average Bonchev–Trinajstić information content (AvgIpc) is 3.01. The zero-order valence-corrected chi connectivity index (χ0v) is 15.7. The number of carbonyl (C=O) groups excluding carboxylic acids is 2. The second-order valence-electron chi connectivity index (χ2n) is 6.37. The number of benzene rings is 2. The smallest absolute Gasteiger partial charge is 0.338 e. The van der Waals surface area contributed by atoms with Crippen LogP contribution in [0.25, 0.3) is 16.7 Å². The van der Waals surface area contributed by atoms with Crippen LogP contribution in [0.1, 0.15) is 36.5 Å². The van der Waals surface area contributed by atoms with E-state index in [0.717, 1.165) is 23.4 Å². The fourth-order valence-electron chi connectivity index (χ4n) is 2.90. The zero-order chi connectivity index (χ0) is 19.4. The number of amides is 1. The van der Waals surface area contributed by atoms with Crippen molar-refractivity contribution >= 4 is 22.9 Å². The van der Waals surface area contributed by atoms with Gasteiger partial charge < -0.3 is 10.1 Å². The third-order valence-electron chi connectivity index (χ3n) is 4.27. The zero-order valence-electron chi connectivity index (χ0n) is 15.7. The Morgan fingerprint density at radius 2 is 1.93 bits per heavy atom. The number of aromatic nitrogens is 2. The summed E-state index contributed by atoms with van der Waals surface area (Å²) in [5.41, 5.74) is 2.99. The molecule has 6 nitrogen and oxygen atoms in total. The van der Waals surface area contributed by atoms with Crippen LogP contribution in [-0.2, 0) is 9.53 Å². The maximum Gasteiger partial charge on any atom is 0.338 e. The molecule has 1 amide bonds. The molecule has 0 aliphatic rings. The summed E-state index contributed by atoms with van der Waals surface area (Å²) in [6.07, 6.45) is -0.0182. The number of imidazole rings is 1. The Labute approximate surface area is 158 Å². The lowest BCUT2D eigenvalue weighted by Gasteiger charge is -2.13. The monoisotopic (exact) mass is 365 g/mol. The van der Waals surface area contributed by atoms with E-state index in [1.807, 2.05) is 54.8 Å². The minimum absolute atomic E-state index is 0.296. The summed E-state index contributed by atoms with van der Waals surface area (Å²) in [7, 11) is 0. The van der Waals surface area contributed by atoms with Gasteiger partial charge in [-0.3, -0.25) is 9.36 Å². The van der Waals surface area contributed by atoms with Gasteiger partial charge in [-0.2, -0.15) is 0 Å². The number of nitrogens with zero attached hydrogens (tertiary/aromatic N) is 2. The molecule has 0 saturated carbocycles. The highest BCUT2D eigenvalue weighted by Gasteiger charge is 2.19. The number of fused-ring (bicyclic) bond motifs is 1. The summed E-state index contributed by atoms with van der Waals surface area (Å²) >= 11 is 0. The van der Waals surface area contributed by atoms with Crippen LogP contribution >= 0.6 is 0 Å². The number of aryl methyl sites for hydroxylation is 1. The first kappa shape index (κ1) is 18.6. The maximum atomic E-state index is 12.4. The molecule has 3 aromatic rings. The molecule has 0 fully saturated rings. The summed E-state index contributed by atoms with van der Waals surface area (Å²) in [6.45, 7) is 6.01. The van der Waals surface area contributed by atoms with Crippen LogP contribution in [0.5, 0.6) is 0 Å². The van der Waals surface area contributed by atoms with Gasteiger partial charge in [-0.1, -0.05) is 25.1 Å². The van der Waals surface area contributed by atoms with Crippen molar-refractivity contribution in [3.63, 3.8) is 0 Å². The summed E-state index contributed by atoms with van der Waals surface area (Å²) in [4.78, 5) is 28.8. The van der Waals surface area contributed by atoms with Gasteiger partial charge in [0.05, 0.1) is 16.6 Å². The van der Waals surface area contributed by atoms with Crippen LogP contribution in [0.3, 0.4) is 0 Å². The first-order valence-corrected chi connectivity index (χ1v) is 9.04. The molecule has 0 radical (unpaired) electrons. The Morgan fingerprint density at radius 1 is 1.19 bits per heavy atom. The molecule has 3 rings (SSSR count). The molecule has 140 valence electrons. The van der Waals surface area contributed by atoms with Crippen LogP contribution in [0.4, 0.5) is 0 Å². The number of rotatable bonds is 6. The van der Waals surface area contributed by atoms with Gasteiger partial charge in [-0.25, -0.2) is 9.78 Å². The number of carbonyl (C=O) groups is 2. The Balaban J connectivity index is 1.83. The van der Waals surface area contributed by atoms with Gasteiger partial charge in [0.1, 0.15) is 5.82 Å². The van der Waals surface area contributed by atoms with Gasteiger partial charge >= 0.3 is 5.97 Å². The second-order valence-corrected chi connectivity index (χ2v) is 6.37. The fraction of sp³-hybridized carbons (Fsp3) is 0.286. The maximum absolute atomic E-state index is 12.4. The molecule has 0 aliphatic heterocycles. The lowest BCUT2D eigenvalue weighted by atomic mass is 10.2. The van der Waals surface area contributed by atoms with E-state index in [-0.39, 0.29) is 5.91 Å². The Hall–Kier alpha value is -3.15. The number of hydrogen-bond donors (Lipinski definition) is 1. The summed E-state index contributed by atoms with van der Waals surface area (Å²) < 4.78 is 7.31. The second kappa shape index (κ2) is 8.03. The largest absolute Gasteiger partial charge is 0.449 e. The lowest BCUT2D eigenvalue weighted by molar-refractivity contribution is -0.129. The molecule has 1 atom stereocenters. The lowest BCUT2D eigenvalue weighted by Crippen LogP contribution is -2.36. The molecule has 6 heteroatoms. The molecule has 0 spiro atoms. The molecule has 0 unspecified atom stereocenters. The highest BCUT2D eigenvalue weighted by atomic mass is 16.5. The molecule has 27 heavy (non-hydrogen) atoms. The highest BCUT2D eigenvalue weighted by Crippen LogP contribution is 2.22. The van der Waals surface area contributed by atoms with E-state index < -0.39 is 12.1 Å². The van der Waals surface area contributed by atoms with Crippen molar-refractivity contribution in [2.45, 2.75) is 33.3 Å². The molecule has 2 aromatic carbocycles. The SMILES string of the molecule is CCCNC(=O)[C@@H](C)OC(=O)c1ccc2c(c1)nc(C)n2-c1ccccc1. The highest BCUT2D eigenvalue weighted by molar-refractivity contribution is 5.95. The topological polar surface area (TPSA) is 73.2 Å². The first-order chi connectivity index (χ1) is 13.0. The third-order valence-corrected chi connectivity index (χ3v) is 4.27. The predicted octanol–water partition coefficient (Wildman–Crippen LogP) is 3.41. The fourth-order valence-corrected chi connectivity index (χ4v) is 2.90. The number of ether oxygens (including phenoxy) is 1. The molecule has 0 bridgehead atoms. The van der Waals surface area contributed by atoms with E-state index in [4.69, 9.17) is 4.74 Å². The molecule has 1 heterocycles. The molecular formula is C21H23N3O3. The summed E-state index contributed by atoms with van der Waals surface area (Å²) in [6, 6.07) is 15.2. The number of esters is 1. The standard InChI is InChI=1S/C21H23N3O3/c1-4-12-22-20(25)14(2)27-21(26)16-10-11-19-18(13-16)23-15(3)24(19)17-8-6-5-7-9-17/h5-11,13-14H,4,12H2,1-3H3,(H,22,25)/t14-/m1/s1. The van der Waals surface area contributed by atoms with Crippen molar-refractivity contribution in [1.82, 2.24) is 14.9 Å². The van der Waals surface area contributed by atoms with Crippen LogP contribution in [0.2, 0.25) is 0 Å². The quantitative estimate of drug-likeness (QED) is 0.680. The van der Waals surface area contributed by atoms with Gasteiger partial charge in [0.2, 0.25) is 0 Å². The van der Waals surface area contributed by atoms with E-state index in [1.54, 1.807) is 19.1 Å². The minimum Gasteiger partial charge on any atom is -0.449 e. The molecule has 1 aromatic heterocycles. The van der Waals surface area contributed by atoms with Gasteiger partial charge in [0.15, 0.2) is 6.10 Å². The van der Waals surface area contributed by atoms with E-state index in [2.05, 4.69) is 10.3 Å². The van der Waals surface area contributed by atoms with Crippen molar-refractivity contribution in [3.8, 4) is 5.69 Å². The average molecular weight is 365 g/mol. The van der Waals surface area contributed by atoms with Crippen LogP contribution in [0, 0.1) is 6.92 Å². The van der Waals surface area contributed by atoms with Crippen LogP contribution in [0.15, 0.2) is 48.5 Å². The van der Waals surface area contributed by atoms with Crippen molar-refractivity contribution in [1.29, 1.82) is 0 Å². The number of hydrogen-bond acceptors (Lipinski definition) is 4. The van der Waals surface area contributed by atoms with Crippen molar-refractivity contribution < 1.29 is 14.3 Å². The Bertz CT molecular complexity index is 963. The third kappa shape index (κ3) is 4.00. The van der Waals surface area contributed by atoms with E-state index >= 15 is 0 Å². The Morgan fingerprint density at radius 3 is 2.63 bits per heavy atom. The molecule has 1 N–H and O–H groups in total. The molecule has 0 saturated heterocycles. The van der Waals surface area contributed by atoms with Crippen molar-refractivity contribution in [2.75, 3.05) is 6.54 Å². The van der Waals surface area contributed by atoms with Crippen molar-refractivity contribution in [2.24, 2.45) is 0 Å². The Kier molecular flexibility index (Phi) is 5.54. The normalized spacial score (nSPS) is 12.0. The van der Waals surface area contributed by atoms with Gasteiger partial charge in [-0.05, 0) is 50.6 Å². The summed E-state index contributed by atoms with van der Waals surface area (Å²) in [5.74, 6) is -0.00697. The van der Waals surface area contributed by atoms with Gasteiger partial charge in [0.25, 0.3) is 5.91 Å². The van der Waals surface area contributed by atoms with E-state index in [1.165, 1.54) is 0 Å². The van der Waals surface area contributed by atoms with Gasteiger partial charge in [0, 0.05) is 12.2 Å².